The molecule has 24 heavy (non-hydrogen) atoms. The van der Waals surface area contributed by atoms with Crippen molar-refractivity contribution in [2.75, 3.05) is 11.9 Å². The minimum Gasteiger partial charge on any atom is -0.396 e. The third kappa shape index (κ3) is 4.76. The number of nitrogens with two attached hydrogens (primary N) is 1. The lowest BCUT2D eigenvalue weighted by Gasteiger charge is -2.28. The largest absolute Gasteiger partial charge is 0.417 e. The van der Waals surface area contributed by atoms with Crippen LogP contribution in [0.4, 0.5) is 18.9 Å². The first-order chi connectivity index (χ1) is 11.1. The van der Waals surface area contributed by atoms with Crippen molar-refractivity contribution in [3.63, 3.8) is 0 Å². The van der Waals surface area contributed by atoms with Crippen LogP contribution in [0.1, 0.15) is 31.2 Å². The van der Waals surface area contributed by atoms with Crippen molar-refractivity contribution in [2.45, 2.75) is 47.8 Å². The number of alkyl halides is 3. The van der Waals surface area contributed by atoms with Gasteiger partial charge < -0.3 is 10.4 Å². The molecule has 0 bridgehead atoms. The van der Waals surface area contributed by atoms with Crippen LogP contribution in [0.2, 0.25) is 0 Å². The highest BCUT2D eigenvalue weighted by atomic mass is 32.2. The second kappa shape index (κ2) is 7.48. The second-order valence-corrected chi connectivity index (χ2v) is 7.79. The maximum Gasteiger partial charge on any atom is 0.417 e. The molecule has 1 atom stereocenters. The van der Waals surface area contributed by atoms with Gasteiger partial charge in [0, 0.05) is 11.5 Å². The Morgan fingerprint density at radius 2 is 1.96 bits per heavy atom. The van der Waals surface area contributed by atoms with Crippen molar-refractivity contribution in [1.29, 1.82) is 0 Å². The molecule has 0 saturated carbocycles. The fourth-order valence-electron chi connectivity index (χ4n) is 2.34. The molecule has 1 aromatic rings. The summed E-state index contributed by atoms with van der Waals surface area (Å²) in [7, 11) is -4.50. The van der Waals surface area contributed by atoms with E-state index in [1.165, 1.54) is 0 Å². The number of nitrogens with one attached hydrogen (secondary N) is 2. The number of rotatable bonds is 6. The minimum atomic E-state index is -4.83. The molecule has 6 nitrogen and oxygen atoms in total. The van der Waals surface area contributed by atoms with Crippen molar-refractivity contribution in [1.82, 2.24) is 4.72 Å². The van der Waals surface area contributed by atoms with Gasteiger partial charge in [0.1, 0.15) is 0 Å². The van der Waals surface area contributed by atoms with Crippen molar-refractivity contribution in [3.05, 3.63) is 17.7 Å². The van der Waals surface area contributed by atoms with Gasteiger partial charge in [-0.1, -0.05) is 6.42 Å². The molecule has 1 aliphatic heterocycles. The number of unbranched alkanes of at least 4 members (excludes halogenated alkanes) is 2. The molecule has 1 unspecified atom stereocenters. The van der Waals surface area contributed by atoms with Gasteiger partial charge in [-0.25, -0.2) is 18.3 Å². The Kier molecular flexibility index (Phi) is 6.02. The number of aliphatic hydroxyl groups excluding tert-OH is 1. The number of anilines is 1. The first-order valence-electron chi connectivity index (χ1n) is 7.20. The molecule has 1 heterocycles. The van der Waals surface area contributed by atoms with Crippen LogP contribution in [-0.2, 0) is 16.2 Å². The zero-order valence-corrected chi connectivity index (χ0v) is 14.2. The quantitative estimate of drug-likeness (QED) is 0.442. The average molecular weight is 385 g/mol. The van der Waals surface area contributed by atoms with Gasteiger partial charge in [-0.2, -0.15) is 13.2 Å². The van der Waals surface area contributed by atoms with E-state index in [1.54, 1.807) is 0 Å². The van der Waals surface area contributed by atoms with Crippen molar-refractivity contribution in [3.8, 4) is 0 Å². The molecule has 136 valence electrons. The highest BCUT2D eigenvalue weighted by Crippen LogP contribution is 2.41. The van der Waals surface area contributed by atoms with E-state index in [2.05, 4.69) is 10.0 Å². The van der Waals surface area contributed by atoms with Gasteiger partial charge in [0.15, 0.2) is 0 Å². The number of benzene rings is 1. The van der Waals surface area contributed by atoms with Crippen molar-refractivity contribution >= 4 is 27.7 Å². The predicted molar refractivity (Wildman–Crippen MR) is 84.8 cm³/mol. The molecule has 0 fully saturated rings. The lowest BCUT2D eigenvalue weighted by Crippen LogP contribution is -2.35. The summed E-state index contributed by atoms with van der Waals surface area (Å²) in [6.45, 7) is 0.106. The van der Waals surface area contributed by atoms with Crippen LogP contribution in [0.25, 0.3) is 0 Å². The molecule has 0 radical (unpaired) electrons. The number of hydrogen-bond acceptors (Lipinski definition) is 6. The number of hydrogen-bond donors (Lipinski definition) is 4. The Morgan fingerprint density at radius 1 is 1.25 bits per heavy atom. The van der Waals surface area contributed by atoms with Crippen LogP contribution < -0.4 is 15.2 Å². The van der Waals surface area contributed by atoms with Crippen LogP contribution in [0, 0.1) is 0 Å². The first-order valence-corrected chi connectivity index (χ1v) is 9.57. The predicted octanol–water partition coefficient (Wildman–Crippen LogP) is 2.25. The summed E-state index contributed by atoms with van der Waals surface area (Å²) >= 11 is 1.06. The molecule has 0 spiro atoms. The Morgan fingerprint density at radius 3 is 2.54 bits per heavy atom. The Labute approximate surface area is 142 Å². The summed E-state index contributed by atoms with van der Waals surface area (Å²) in [5, 5.41) is 16.6. The third-order valence-corrected chi connectivity index (χ3v) is 5.40. The summed E-state index contributed by atoms with van der Waals surface area (Å²) in [5.74, 6) is 0. The van der Waals surface area contributed by atoms with E-state index in [9.17, 15) is 21.6 Å². The van der Waals surface area contributed by atoms with E-state index >= 15 is 0 Å². The summed E-state index contributed by atoms with van der Waals surface area (Å²) in [6, 6.07) is 1.71. The fraction of sp³-hybridized carbons (Fsp3) is 0.538. The van der Waals surface area contributed by atoms with Gasteiger partial charge in [-0.05, 0) is 43.3 Å². The Hall–Kier alpha value is -1.01. The first kappa shape index (κ1) is 19.3. The molecule has 0 aliphatic carbocycles. The molecule has 0 aromatic heterocycles. The lowest BCUT2D eigenvalue weighted by molar-refractivity contribution is -0.139. The van der Waals surface area contributed by atoms with E-state index in [0.29, 0.717) is 17.7 Å². The van der Waals surface area contributed by atoms with Gasteiger partial charge in [-0.3, -0.25) is 0 Å². The number of fused-ring (bicyclic) bond motifs is 1. The maximum atomic E-state index is 13.1. The normalized spacial score (nSPS) is 18.1. The fourth-order valence-corrected chi connectivity index (χ4v) is 4.02. The average Bonchev–Trinajstić information content (AvgIpc) is 2.48. The van der Waals surface area contributed by atoms with E-state index in [-0.39, 0.29) is 18.5 Å². The SMILES string of the molecule is NS(=O)(=O)c1cc2c(cc1C(F)(F)F)NC(CCCCCO)NS2. The molecule has 0 saturated heterocycles. The Balaban J connectivity index is 2.25. The monoisotopic (exact) mass is 385 g/mol. The summed E-state index contributed by atoms with van der Waals surface area (Å²) in [5.41, 5.74) is -1.07. The standard InChI is InChI=1S/C13H18F3N3O3S2/c14-13(15,16)8-6-9-10(7-11(8)24(17,21)22)23-19-12(18-9)4-2-1-3-5-20/h6-7,12,18-20H,1-5H2,(H2,17,21,22). The number of halogens is 3. The van der Waals surface area contributed by atoms with Crippen LogP contribution in [0.15, 0.2) is 21.9 Å². The summed E-state index contributed by atoms with van der Waals surface area (Å²) < 4.78 is 65.4. The molecular weight excluding hydrogens is 367 g/mol. The van der Waals surface area contributed by atoms with Gasteiger partial charge in [-0.15, -0.1) is 0 Å². The zero-order chi connectivity index (χ0) is 18.0. The number of aliphatic hydroxyl groups is 1. The van der Waals surface area contributed by atoms with Gasteiger partial charge >= 0.3 is 6.18 Å². The Bertz CT molecular complexity index is 696. The van der Waals surface area contributed by atoms with E-state index < -0.39 is 26.7 Å². The topological polar surface area (TPSA) is 104 Å². The van der Waals surface area contributed by atoms with Crippen molar-refractivity contribution in [2.24, 2.45) is 5.14 Å². The van der Waals surface area contributed by atoms with Crippen LogP contribution in [0.3, 0.4) is 0 Å². The zero-order valence-electron chi connectivity index (χ0n) is 12.6. The van der Waals surface area contributed by atoms with Crippen LogP contribution in [0.5, 0.6) is 0 Å². The van der Waals surface area contributed by atoms with E-state index in [1.807, 2.05) is 0 Å². The number of sulfonamides is 1. The van der Waals surface area contributed by atoms with Gasteiger partial charge in [0.2, 0.25) is 10.0 Å². The molecule has 5 N–H and O–H groups in total. The van der Waals surface area contributed by atoms with Crippen LogP contribution in [-0.4, -0.2) is 26.3 Å². The van der Waals surface area contributed by atoms with Crippen molar-refractivity contribution < 1.29 is 26.7 Å². The van der Waals surface area contributed by atoms with Gasteiger partial charge in [0.25, 0.3) is 0 Å². The third-order valence-electron chi connectivity index (χ3n) is 3.49. The second-order valence-electron chi connectivity index (χ2n) is 5.38. The summed E-state index contributed by atoms with van der Waals surface area (Å²) in [4.78, 5) is -0.607. The molecule has 11 heteroatoms. The summed E-state index contributed by atoms with van der Waals surface area (Å²) in [6.07, 6.45) is -2.14. The van der Waals surface area contributed by atoms with Crippen LogP contribution >= 0.6 is 11.9 Å². The lowest BCUT2D eigenvalue weighted by atomic mass is 10.1. The minimum absolute atomic E-state index is 0.106. The molecule has 1 aromatic carbocycles. The van der Waals surface area contributed by atoms with E-state index in [4.69, 9.17) is 10.2 Å². The maximum absolute atomic E-state index is 13.1. The van der Waals surface area contributed by atoms with Gasteiger partial charge in [0.05, 0.1) is 22.3 Å². The molecule has 2 rings (SSSR count). The molecule has 0 amide bonds. The molecular formula is C13H18F3N3O3S2. The molecule has 1 aliphatic rings. The van der Waals surface area contributed by atoms with E-state index in [0.717, 1.165) is 36.9 Å². The highest BCUT2D eigenvalue weighted by molar-refractivity contribution is 7.97. The number of primary sulfonamides is 1. The highest BCUT2D eigenvalue weighted by Gasteiger charge is 2.38. The smallest absolute Gasteiger partial charge is 0.396 e.